The normalized spacial score (nSPS) is 14.8. The van der Waals surface area contributed by atoms with Crippen molar-refractivity contribution in [3.05, 3.63) is 69.7 Å². The average molecular weight is 403 g/mol. The van der Waals surface area contributed by atoms with Gasteiger partial charge in [-0.1, -0.05) is 41.4 Å². The molecule has 2 aromatic rings. The van der Waals surface area contributed by atoms with Gasteiger partial charge in [0.2, 0.25) is 11.8 Å². The van der Waals surface area contributed by atoms with E-state index in [1.54, 1.807) is 24.3 Å². The van der Waals surface area contributed by atoms with Crippen LogP contribution in [0.25, 0.3) is 6.08 Å². The maximum Gasteiger partial charge on any atom is 0.244 e. The van der Waals surface area contributed by atoms with E-state index < -0.39 is 0 Å². The first kappa shape index (κ1) is 19.5. The summed E-state index contributed by atoms with van der Waals surface area (Å²) in [5.41, 5.74) is 2.52. The standard InChI is InChI=1S/C21H20Cl2N2O2/c1-13(15-6-8-17(9-7-15)25-21(27)16-4-5-16)24-20(26)11-3-14-2-10-18(22)19(23)12-14/h2-3,6-13,16H,4-5H2,1H3,(H,24,26)(H,25,27)/b11-3+. The van der Waals surface area contributed by atoms with Crippen molar-refractivity contribution in [2.45, 2.75) is 25.8 Å². The van der Waals surface area contributed by atoms with Crippen molar-refractivity contribution >= 4 is 46.8 Å². The lowest BCUT2D eigenvalue weighted by molar-refractivity contribution is -0.118. The molecule has 3 rings (SSSR count). The van der Waals surface area contributed by atoms with Crippen LogP contribution in [0.1, 0.15) is 36.9 Å². The summed E-state index contributed by atoms with van der Waals surface area (Å²) < 4.78 is 0. The van der Waals surface area contributed by atoms with Crippen LogP contribution in [-0.2, 0) is 9.59 Å². The first-order valence-corrected chi connectivity index (χ1v) is 9.52. The van der Waals surface area contributed by atoms with E-state index in [9.17, 15) is 9.59 Å². The first-order chi connectivity index (χ1) is 12.9. The molecule has 1 fully saturated rings. The van der Waals surface area contributed by atoms with E-state index in [2.05, 4.69) is 10.6 Å². The monoisotopic (exact) mass is 402 g/mol. The van der Waals surface area contributed by atoms with Crippen molar-refractivity contribution in [3.8, 4) is 0 Å². The number of amides is 2. The van der Waals surface area contributed by atoms with E-state index >= 15 is 0 Å². The van der Waals surface area contributed by atoms with Crippen LogP contribution in [-0.4, -0.2) is 11.8 Å². The van der Waals surface area contributed by atoms with E-state index in [-0.39, 0.29) is 23.8 Å². The molecule has 6 heteroatoms. The highest BCUT2D eigenvalue weighted by atomic mass is 35.5. The third-order valence-electron chi connectivity index (χ3n) is 4.36. The Hall–Kier alpha value is -2.30. The molecule has 0 spiro atoms. The van der Waals surface area contributed by atoms with E-state index in [1.165, 1.54) is 6.08 Å². The number of hydrogen-bond acceptors (Lipinski definition) is 2. The predicted molar refractivity (Wildman–Crippen MR) is 110 cm³/mol. The summed E-state index contributed by atoms with van der Waals surface area (Å²) in [6.07, 6.45) is 5.09. The third kappa shape index (κ3) is 5.59. The Kier molecular flexibility index (Phi) is 6.19. The molecule has 1 saturated carbocycles. The van der Waals surface area contributed by atoms with E-state index in [1.807, 2.05) is 31.2 Å². The molecule has 1 aliphatic rings. The fourth-order valence-electron chi connectivity index (χ4n) is 2.58. The SMILES string of the molecule is CC(NC(=O)/C=C/c1ccc(Cl)c(Cl)c1)c1ccc(NC(=O)C2CC2)cc1. The largest absolute Gasteiger partial charge is 0.346 e. The Balaban J connectivity index is 1.54. The van der Waals surface area contributed by atoms with Gasteiger partial charge in [0.1, 0.15) is 0 Å². The summed E-state index contributed by atoms with van der Waals surface area (Å²) in [6, 6.07) is 12.5. The number of nitrogens with one attached hydrogen (secondary N) is 2. The molecule has 0 bridgehead atoms. The van der Waals surface area contributed by atoms with Gasteiger partial charge in [0.25, 0.3) is 0 Å². The van der Waals surface area contributed by atoms with Crippen LogP contribution < -0.4 is 10.6 Å². The van der Waals surface area contributed by atoms with Gasteiger partial charge in [-0.2, -0.15) is 0 Å². The zero-order valence-electron chi connectivity index (χ0n) is 14.8. The van der Waals surface area contributed by atoms with Crippen LogP contribution in [0.4, 0.5) is 5.69 Å². The summed E-state index contributed by atoms with van der Waals surface area (Å²) in [6.45, 7) is 1.91. The van der Waals surface area contributed by atoms with Gasteiger partial charge in [0, 0.05) is 17.7 Å². The molecule has 2 N–H and O–H groups in total. The van der Waals surface area contributed by atoms with E-state index in [0.717, 1.165) is 29.7 Å². The molecular weight excluding hydrogens is 383 g/mol. The minimum Gasteiger partial charge on any atom is -0.346 e. The average Bonchev–Trinajstić information content (AvgIpc) is 3.48. The molecule has 140 valence electrons. The Labute approximate surface area is 168 Å². The van der Waals surface area contributed by atoms with Gasteiger partial charge in [-0.15, -0.1) is 0 Å². The van der Waals surface area contributed by atoms with E-state index in [0.29, 0.717) is 10.0 Å². The highest BCUT2D eigenvalue weighted by Crippen LogP contribution is 2.30. The molecule has 1 aliphatic carbocycles. The van der Waals surface area contributed by atoms with E-state index in [4.69, 9.17) is 23.2 Å². The summed E-state index contributed by atoms with van der Waals surface area (Å²) >= 11 is 11.8. The molecule has 1 unspecified atom stereocenters. The molecule has 2 amide bonds. The Morgan fingerprint density at radius 2 is 1.78 bits per heavy atom. The fraction of sp³-hybridized carbons (Fsp3) is 0.238. The maximum atomic E-state index is 12.1. The zero-order valence-corrected chi connectivity index (χ0v) is 16.3. The summed E-state index contributed by atoms with van der Waals surface area (Å²) in [5, 5.41) is 6.73. The molecule has 27 heavy (non-hydrogen) atoms. The molecule has 0 radical (unpaired) electrons. The smallest absolute Gasteiger partial charge is 0.244 e. The highest BCUT2D eigenvalue weighted by Gasteiger charge is 2.29. The van der Waals surface area contributed by atoms with Crippen molar-refractivity contribution < 1.29 is 9.59 Å². The highest BCUT2D eigenvalue weighted by molar-refractivity contribution is 6.42. The maximum absolute atomic E-state index is 12.1. The predicted octanol–water partition coefficient (Wildman–Crippen LogP) is 5.23. The zero-order chi connectivity index (χ0) is 19.4. The number of anilines is 1. The van der Waals surface area contributed by atoms with Gasteiger partial charge in [0.15, 0.2) is 0 Å². The quantitative estimate of drug-likeness (QED) is 0.649. The second-order valence-electron chi connectivity index (χ2n) is 6.62. The molecular formula is C21H20Cl2N2O2. The lowest BCUT2D eigenvalue weighted by Gasteiger charge is -2.14. The van der Waals surface area contributed by atoms with Crippen LogP contribution >= 0.6 is 23.2 Å². The number of benzene rings is 2. The third-order valence-corrected chi connectivity index (χ3v) is 5.09. The Morgan fingerprint density at radius 3 is 2.41 bits per heavy atom. The van der Waals surface area contributed by atoms with Gasteiger partial charge < -0.3 is 10.6 Å². The number of carbonyl (C=O) groups excluding carboxylic acids is 2. The lowest BCUT2D eigenvalue weighted by Crippen LogP contribution is -2.24. The van der Waals surface area contributed by atoms with Crippen molar-refractivity contribution in [2.24, 2.45) is 5.92 Å². The second-order valence-corrected chi connectivity index (χ2v) is 7.44. The number of carbonyl (C=O) groups is 2. The summed E-state index contributed by atoms with van der Waals surface area (Å²) in [4.78, 5) is 23.9. The van der Waals surface area contributed by atoms with Gasteiger partial charge >= 0.3 is 0 Å². The van der Waals surface area contributed by atoms with Crippen LogP contribution in [0, 0.1) is 5.92 Å². The van der Waals surface area contributed by atoms with Gasteiger partial charge in [-0.3, -0.25) is 9.59 Å². The van der Waals surface area contributed by atoms with Gasteiger partial charge in [-0.25, -0.2) is 0 Å². The van der Waals surface area contributed by atoms with Crippen molar-refractivity contribution in [1.82, 2.24) is 5.32 Å². The Bertz CT molecular complexity index is 874. The van der Waals surface area contributed by atoms with Gasteiger partial charge in [-0.05, 0) is 61.2 Å². The van der Waals surface area contributed by atoms with Crippen LogP contribution in [0.2, 0.25) is 10.0 Å². The van der Waals surface area contributed by atoms with Crippen molar-refractivity contribution in [2.75, 3.05) is 5.32 Å². The van der Waals surface area contributed by atoms with Crippen LogP contribution in [0.15, 0.2) is 48.5 Å². The number of hydrogen-bond donors (Lipinski definition) is 2. The summed E-state index contributed by atoms with van der Waals surface area (Å²) in [5.74, 6) is 0.0430. The number of rotatable bonds is 6. The summed E-state index contributed by atoms with van der Waals surface area (Å²) in [7, 11) is 0. The first-order valence-electron chi connectivity index (χ1n) is 8.77. The molecule has 0 saturated heterocycles. The molecule has 4 nitrogen and oxygen atoms in total. The van der Waals surface area contributed by atoms with Crippen LogP contribution in [0.3, 0.4) is 0 Å². The Morgan fingerprint density at radius 1 is 1.07 bits per heavy atom. The molecule has 0 aliphatic heterocycles. The topological polar surface area (TPSA) is 58.2 Å². The minimum atomic E-state index is -0.209. The molecule has 0 heterocycles. The molecule has 2 aromatic carbocycles. The molecule has 1 atom stereocenters. The second kappa shape index (κ2) is 8.59. The van der Waals surface area contributed by atoms with Crippen molar-refractivity contribution in [1.29, 1.82) is 0 Å². The lowest BCUT2D eigenvalue weighted by atomic mass is 10.1. The number of halogens is 2. The minimum absolute atomic E-state index is 0.0801. The van der Waals surface area contributed by atoms with Crippen molar-refractivity contribution in [3.63, 3.8) is 0 Å². The fourth-order valence-corrected chi connectivity index (χ4v) is 2.88. The molecule has 0 aromatic heterocycles. The van der Waals surface area contributed by atoms with Gasteiger partial charge in [0.05, 0.1) is 16.1 Å². The van der Waals surface area contributed by atoms with Crippen LogP contribution in [0.5, 0.6) is 0 Å².